The van der Waals surface area contributed by atoms with Gasteiger partial charge >= 0.3 is 0 Å². The monoisotopic (exact) mass is 432 g/mol. The van der Waals surface area contributed by atoms with E-state index in [9.17, 15) is 9.18 Å². The second-order valence-electron chi connectivity index (χ2n) is 5.85. The smallest absolute Gasteiger partial charge is 0.250 e. The first-order chi connectivity index (χ1) is 14.2. The van der Waals surface area contributed by atoms with Crippen LogP contribution >= 0.6 is 11.3 Å². The Hall–Kier alpha value is -3.13. The second-order valence-corrected chi connectivity index (χ2v) is 6.90. The van der Waals surface area contributed by atoms with E-state index in [1.54, 1.807) is 24.4 Å². The van der Waals surface area contributed by atoms with Crippen LogP contribution in [-0.2, 0) is 9.53 Å². The summed E-state index contributed by atoms with van der Waals surface area (Å²) in [5.41, 5.74) is 1.68. The molecule has 8 heteroatoms. The van der Waals surface area contributed by atoms with Crippen molar-refractivity contribution in [3.05, 3.63) is 63.7 Å². The summed E-state index contributed by atoms with van der Waals surface area (Å²) < 4.78 is 17.8. The van der Waals surface area contributed by atoms with Gasteiger partial charge < -0.3 is 10.1 Å². The number of nitrogens with zero attached hydrogens (tertiary/aromatic N) is 1. The predicted molar refractivity (Wildman–Crippen MR) is 125 cm³/mol. The van der Waals surface area contributed by atoms with E-state index in [4.69, 9.17) is 15.6 Å². The first-order valence-electron chi connectivity index (χ1n) is 9.09. The Balaban J connectivity index is 0.00000192. The molecule has 0 fully saturated rings. The molecule has 1 amide bonds. The van der Waals surface area contributed by atoms with Crippen LogP contribution in [0.2, 0.25) is 0 Å². The van der Waals surface area contributed by atoms with E-state index in [0.29, 0.717) is 11.3 Å². The van der Waals surface area contributed by atoms with Crippen LogP contribution in [0.1, 0.15) is 43.0 Å². The Labute approximate surface area is 181 Å². The molecule has 1 heterocycles. The van der Waals surface area contributed by atoms with Crippen LogP contribution in [0.3, 0.4) is 0 Å². The number of carbonyl (C=O) groups excluding carboxylic acids is 1. The van der Waals surface area contributed by atoms with Gasteiger partial charge in [-0.1, -0.05) is 30.9 Å². The number of nitrogens with one attached hydrogen (secondary N) is 3. The summed E-state index contributed by atoms with van der Waals surface area (Å²) in [5, 5.41) is 17.2. The molecule has 162 valence electrons. The van der Waals surface area contributed by atoms with E-state index >= 15 is 0 Å². The zero-order valence-electron chi connectivity index (χ0n) is 18.0. The van der Waals surface area contributed by atoms with Gasteiger partial charge in [-0.15, -0.1) is 11.3 Å². The van der Waals surface area contributed by atoms with Crippen LogP contribution in [0.5, 0.6) is 0 Å². The molecule has 0 saturated heterocycles. The topological polar surface area (TPSA) is 98.4 Å². The maximum atomic E-state index is 13.0. The van der Waals surface area contributed by atoms with Crippen molar-refractivity contribution in [3.8, 4) is 0 Å². The summed E-state index contributed by atoms with van der Waals surface area (Å²) in [6, 6.07) is 1.79. The van der Waals surface area contributed by atoms with Gasteiger partial charge in [0.2, 0.25) is 5.90 Å². The average molecular weight is 433 g/mol. The second kappa shape index (κ2) is 14.8. The third kappa shape index (κ3) is 9.38. The fraction of sp³-hybridized carbons (Fsp3) is 0.273. The molecule has 1 rings (SSSR count). The number of amides is 1. The van der Waals surface area contributed by atoms with Crippen LogP contribution in [0.4, 0.5) is 4.39 Å². The molecule has 0 atom stereocenters. The van der Waals surface area contributed by atoms with Crippen LogP contribution in [0.25, 0.3) is 5.57 Å². The molecule has 30 heavy (non-hydrogen) atoms. The van der Waals surface area contributed by atoms with Crippen LogP contribution < -0.4 is 5.32 Å². The molecule has 0 aliphatic rings. The summed E-state index contributed by atoms with van der Waals surface area (Å²) in [5.74, 6) is -1.15. The first kappa shape index (κ1) is 26.9. The minimum atomic E-state index is -0.532. The number of thiophene rings is 1. The molecule has 1 aromatic rings. The maximum Gasteiger partial charge on any atom is 0.250 e. The molecular formula is C22H29FN4O2S. The third-order valence-corrected chi connectivity index (χ3v) is 4.91. The molecule has 0 bridgehead atoms. The fourth-order valence-corrected chi connectivity index (χ4v) is 2.91. The number of carbonyl (C=O) groups is 1. The van der Waals surface area contributed by atoms with Gasteiger partial charge in [-0.25, -0.2) is 4.39 Å². The van der Waals surface area contributed by atoms with E-state index in [2.05, 4.69) is 16.9 Å². The summed E-state index contributed by atoms with van der Waals surface area (Å²) in [4.78, 5) is 17.2. The standard InChI is InChI=1S/C18H21FN4O2S.C4H8/c1-5-6-14(8-22-10-23-18(24)12(3)13(4)19)16-11(2)7-15(26-16)17(21)25-9-20;1-3-4-2/h5-9,20-21H,1,10H2,2-4H3,(H,23,24);3-4H,1-2H3/b13-12-,14-6+,20-9?,21-17?,22-8-;4-3+. The van der Waals surface area contributed by atoms with Crippen molar-refractivity contribution in [1.29, 1.82) is 10.8 Å². The van der Waals surface area contributed by atoms with Gasteiger partial charge in [-0.05, 0) is 46.2 Å². The lowest BCUT2D eigenvalue weighted by atomic mass is 10.1. The van der Waals surface area contributed by atoms with Crippen molar-refractivity contribution in [2.45, 2.75) is 34.6 Å². The molecule has 0 aromatic carbocycles. The molecule has 0 spiro atoms. The van der Waals surface area contributed by atoms with Crippen molar-refractivity contribution >= 4 is 41.3 Å². The zero-order valence-corrected chi connectivity index (χ0v) is 18.8. The number of aliphatic imine (C=N–C) groups is 1. The molecule has 1 aromatic heterocycles. The number of halogens is 1. The van der Waals surface area contributed by atoms with Gasteiger partial charge in [0, 0.05) is 22.2 Å². The lowest BCUT2D eigenvalue weighted by Gasteiger charge is -2.03. The number of rotatable bonds is 8. The minimum absolute atomic E-state index is 0.00193. The molecule has 0 aliphatic carbocycles. The van der Waals surface area contributed by atoms with Gasteiger partial charge in [-0.3, -0.25) is 20.6 Å². The molecule has 0 unspecified atom stereocenters. The van der Waals surface area contributed by atoms with Gasteiger partial charge in [0.15, 0.2) is 6.40 Å². The summed E-state index contributed by atoms with van der Waals surface area (Å²) >= 11 is 1.32. The third-order valence-electron chi connectivity index (χ3n) is 3.63. The number of ether oxygens (including phenoxy) is 1. The summed E-state index contributed by atoms with van der Waals surface area (Å²) in [6.45, 7) is 12.2. The zero-order chi connectivity index (χ0) is 23.1. The largest absolute Gasteiger partial charge is 0.427 e. The highest BCUT2D eigenvalue weighted by molar-refractivity contribution is 7.15. The van der Waals surface area contributed by atoms with Crippen LogP contribution in [0, 0.1) is 17.7 Å². The Morgan fingerprint density at radius 2 is 2.00 bits per heavy atom. The minimum Gasteiger partial charge on any atom is -0.427 e. The predicted octanol–water partition coefficient (Wildman–Crippen LogP) is 5.57. The number of hydrogen-bond acceptors (Lipinski definition) is 6. The lowest BCUT2D eigenvalue weighted by Crippen LogP contribution is -2.24. The Kier molecular flexibility index (Phi) is 13.3. The molecule has 0 saturated carbocycles. The molecule has 0 radical (unpaired) electrons. The highest BCUT2D eigenvalue weighted by atomic mass is 32.1. The maximum absolute atomic E-state index is 13.0. The van der Waals surface area contributed by atoms with Crippen molar-refractivity contribution in [3.63, 3.8) is 0 Å². The lowest BCUT2D eigenvalue weighted by molar-refractivity contribution is -0.117. The van der Waals surface area contributed by atoms with Gasteiger partial charge in [-0.2, -0.15) is 0 Å². The first-order valence-corrected chi connectivity index (χ1v) is 9.91. The van der Waals surface area contributed by atoms with Crippen LogP contribution in [0.15, 0.2) is 53.3 Å². The van der Waals surface area contributed by atoms with Crippen molar-refractivity contribution in [1.82, 2.24) is 5.32 Å². The number of allylic oxidation sites excluding steroid dienone is 6. The van der Waals surface area contributed by atoms with E-state index in [1.165, 1.54) is 25.2 Å². The van der Waals surface area contributed by atoms with Crippen molar-refractivity contribution in [2.24, 2.45) is 4.99 Å². The van der Waals surface area contributed by atoms with Gasteiger partial charge in [0.1, 0.15) is 12.5 Å². The fourth-order valence-electron chi connectivity index (χ4n) is 1.85. The molecule has 0 aliphatic heterocycles. The number of hydrogen-bond donors (Lipinski definition) is 3. The van der Waals surface area contributed by atoms with E-state index in [0.717, 1.165) is 16.0 Å². The number of aryl methyl sites for hydroxylation is 1. The molecule has 3 N–H and O–H groups in total. The van der Waals surface area contributed by atoms with E-state index in [1.807, 2.05) is 32.9 Å². The van der Waals surface area contributed by atoms with Crippen LogP contribution in [-0.4, -0.2) is 31.1 Å². The molecule has 6 nitrogen and oxygen atoms in total. The normalized spacial score (nSPS) is 12.1. The Morgan fingerprint density at radius 3 is 2.50 bits per heavy atom. The van der Waals surface area contributed by atoms with Crippen molar-refractivity contribution < 1.29 is 13.9 Å². The highest BCUT2D eigenvalue weighted by Crippen LogP contribution is 2.28. The Bertz CT molecular complexity index is 872. The SMILES string of the molecule is C/C=C/C.C=C/C=C(\C=N/CNC(=O)/C(C)=C(/C)F)c1sc(C(=N)OC=N)cc1C. The van der Waals surface area contributed by atoms with Gasteiger partial charge in [0.25, 0.3) is 5.91 Å². The van der Waals surface area contributed by atoms with E-state index in [-0.39, 0.29) is 18.1 Å². The molecular weight excluding hydrogens is 403 g/mol. The average Bonchev–Trinajstić information content (AvgIpc) is 3.11. The van der Waals surface area contributed by atoms with E-state index < -0.39 is 11.7 Å². The summed E-state index contributed by atoms with van der Waals surface area (Å²) in [7, 11) is 0. The highest BCUT2D eigenvalue weighted by Gasteiger charge is 2.13. The summed E-state index contributed by atoms with van der Waals surface area (Å²) in [6.07, 6.45) is 9.65. The Morgan fingerprint density at radius 1 is 1.37 bits per heavy atom. The van der Waals surface area contributed by atoms with Crippen molar-refractivity contribution in [2.75, 3.05) is 6.67 Å². The van der Waals surface area contributed by atoms with Gasteiger partial charge in [0.05, 0.1) is 4.88 Å². The quantitative estimate of drug-likeness (QED) is 0.165.